The van der Waals surface area contributed by atoms with Gasteiger partial charge in [-0.05, 0) is 36.5 Å². The molecular formula is C16H20Cl2N2O2. The van der Waals surface area contributed by atoms with Gasteiger partial charge in [0.15, 0.2) is 0 Å². The van der Waals surface area contributed by atoms with Gasteiger partial charge in [-0.2, -0.15) is 0 Å². The van der Waals surface area contributed by atoms with Crippen molar-refractivity contribution in [1.29, 1.82) is 0 Å². The lowest BCUT2D eigenvalue weighted by Gasteiger charge is -2.30. The highest BCUT2D eigenvalue weighted by atomic mass is 35.5. The maximum atomic E-state index is 12.5. The van der Waals surface area contributed by atoms with Crippen molar-refractivity contribution in [1.82, 2.24) is 10.2 Å². The van der Waals surface area contributed by atoms with Crippen LogP contribution in [-0.4, -0.2) is 37.0 Å². The summed E-state index contributed by atoms with van der Waals surface area (Å²) in [6.07, 6.45) is 3.84. The van der Waals surface area contributed by atoms with Gasteiger partial charge in [0, 0.05) is 19.6 Å². The molecule has 0 radical (unpaired) electrons. The van der Waals surface area contributed by atoms with Crippen LogP contribution in [0.4, 0.5) is 0 Å². The highest BCUT2D eigenvalue weighted by molar-refractivity contribution is 6.34. The summed E-state index contributed by atoms with van der Waals surface area (Å²) in [6, 6.07) is 3.91. The van der Waals surface area contributed by atoms with E-state index in [1.54, 1.807) is 6.07 Å². The first-order chi connectivity index (χ1) is 10.2. The van der Waals surface area contributed by atoms with Crippen LogP contribution in [0.25, 0.3) is 0 Å². The predicted molar refractivity (Wildman–Crippen MR) is 88.2 cm³/mol. The van der Waals surface area contributed by atoms with E-state index in [2.05, 4.69) is 5.32 Å². The molecule has 1 N–H and O–H groups in total. The van der Waals surface area contributed by atoms with E-state index in [4.69, 9.17) is 16.3 Å². The van der Waals surface area contributed by atoms with Crippen LogP contribution < -0.4 is 10.1 Å². The molecule has 1 aromatic rings. The molecule has 1 aromatic carbocycles. The van der Waals surface area contributed by atoms with Crippen LogP contribution in [0, 0.1) is 5.92 Å². The van der Waals surface area contributed by atoms with Gasteiger partial charge in [0.1, 0.15) is 5.75 Å². The van der Waals surface area contributed by atoms with Crippen molar-refractivity contribution in [2.75, 3.05) is 26.2 Å². The highest BCUT2D eigenvalue weighted by Crippen LogP contribution is 2.40. The average molecular weight is 343 g/mol. The molecule has 120 valence electrons. The number of rotatable bonds is 3. The fraction of sp³-hybridized carbons (Fsp3) is 0.562. The summed E-state index contributed by atoms with van der Waals surface area (Å²) in [5.41, 5.74) is 1.68. The van der Waals surface area contributed by atoms with Gasteiger partial charge in [-0.3, -0.25) is 4.79 Å². The molecule has 1 amide bonds. The molecule has 0 unspecified atom stereocenters. The largest absolute Gasteiger partial charge is 0.493 e. The maximum absolute atomic E-state index is 12.5. The lowest BCUT2D eigenvalue weighted by atomic mass is 9.86. The van der Waals surface area contributed by atoms with E-state index in [1.165, 1.54) is 19.3 Å². The van der Waals surface area contributed by atoms with E-state index in [9.17, 15) is 4.79 Å². The molecule has 1 saturated carbocycles. The molecule has 2 aliphatic heterocycles. The Bertz CT molecular complexity index is 590. The number of ether oxygens (including phenoxy) is 1. The molecule has 1 saturated heterocycles. The highest BCUT2D eigenvalue weighted by Gasteiger charge is 2.40. The molecule has 2 fully saturated rings. The van der Waals surface area contributed by atoms with Gasteiger partial charge in [-0.25, -0.2) is 0 Å². The molecule has 2 heterocycles. The molecule has 1 atom stereocenters. The standard InChI is InChI=1S/C16H19ClN2O2.ClH/c17-13-7-11(21-9-10-2-1-3-10)6-12-14-8-18-4-5-19(14)16(20)15(12)13;/h6-7,10,14,18H,1-5,8-9H2;1H/t14-;/m0./s1. The Kier molecular flexibility index (Phi) is 4.53. The van der Waals surface area contributed by atoms with Crippen LogP contribution >= 0.6 is 24.0 Å². The van der Waals surface area contributed by atoms with Crippen LogP contribution in [0.5, 0.6) is 5.75 Å². The van der Waals surface area contributed by atoms with E-state index in [1.807, 2.05) is 11.0 Å². The lowest BCUT2D eigenvalue weighted by molar-refractivity contribution is 0.0691. The number of amides is 1. The van der Waals surface area contributed by atoms with Crippen LogP contribution in [0.3, 0.4) is 0 Å². The predicted octanol–water partition coefficient (Wildman–Crippen LogP) is 3.04. The fourth-order valence-corrected chi connectivity index (χ4v) is 3.71. The Labute approximate surface area is 141 Å². The Balaban J connectivity index is 0.00000144. The molecule has 0 bridgehead atoms. The first kappa shape index (κ1) is 15.9. The summed E-state index contributed by atoms with van der Waals surface area (Å²) < 4.78 is 5.90. The van der Waals surface area contributed by atoms with E-state index < -0.39 is 0 Å². The molecule has 22 heavy (non-hydrogen) atoms. The molecule has 0 spiro atoms. The van der Waals surface area contributed by atoms with Crippen LogP contribution in [0.1, 0.15) is 41.2 Å². The minimum absolute atomic E-state index is 0. The van der Waals surface area contributed by atoms with Crippen molar-refractivity contribution in [3.05, 3.63) is 28.3 Å². The third kappa shape index (κ3) is 2.57. The second-order valence-electron chi connectivity index (χ2n) is 6.20. The van der Waals surface area contributed by atoms with Gasteiger partial charge < -0.3 is 15.0 Å². The Hall–Kier alpha value is -0.970. The van der Waals surface area contributed by atoms with Crippen molar-refractivity contribution in [2.45, 2.75) is 25.3 Å². The van der Waals surface area contributed by atoms with E-state index in [0.717, 1.165) is 37.6 Å². The normalized spacial score (nSPS) is 23.4. The summed E-state index contributed by atoms with van der Waals surface area (Å²) in [7, 11) is 0. The molecule has 3 aliphatic rings. The SMILES string of the molecule is Cl.O=C1c2c(Cl)cc(OCC3CCC3)cc2[C@@H]2CNCCN12. The van der Waals surface area contributed by atoms with Crippen molar-refractivity contribution in [3.8, 4) is 5.75 Å². The topological polar surface area (TPSA) is 41.6 Å². The van der Waals surface area contributed by atoms with Gasteiger partial charge in [-0.15, -0.1) is 12.4 Å². The van der Waals surface area contributed by atoms with Gasteiger partial charge >= 0.3 is 0 Å². The van der Waals surface area contributed by atoms with Gasteiger partial charge in [0.25, 0.3) is 5.91 Å². The van der Waals surface area contributed by atoms with Gasteiger partial charge in [0.05, 0.1) is 23.2 Å². The molecule has 6 heteroatoms. The maximum Gasteiger partial charge on any atom is 0.256 e. The first-order valence-corrected chi connectivity index (χ1v) is 8.10. The Morgan fingerprint density at radius 1 is 1.36 bits per heavy atom. The zero-order valence-corrected chi connectivity index (χ0v) is 13.9. The summed E-state index contributed by atoms with van der Waals surface area (Å²) in [6.45, 7) is 3.14. The second kappa shape index (κ2) is 6.26. The minimum Gasteiger partial charge on any atom is -0.493 e. The minimum atomic E-state index is 0. The zero-order chi connectivity index (χ0) is 14.4. The number of benzene rings is 1. The smallest absolute Gasteiger partial charge is 0.256 e. The van der Waals surface area contributed by atoms with Crippen molar-refractivity contribution in [2.24, 2.45) is 5.92 Å². The summed E-state index contributed by atoms with van der Waals surface area (Å²) in [5, 5.41) is 3.87. The third-order valence-electron chi connectivity index (χ3n) is 4.88. The van der Waals surface area contributed by atoms with Gasteiger partial charge in [0.2, 0.25) is 0 Å². The molecule has 0 aromatic heterocycles. The summed E-state index contributed by atoms with van der Waals surface area (Å²) >= 11 is 6.35. The average Bonchev–Trinajstić information content (AvgIpc) is 2.72. The van der Waals surface area contributed by atoms with E-state index in [-0.39, 0.29) is 24.4 Å². The summed E-state index contributed by atoms with van der Waals surface area (Å²) in [4.78, 5) is 14.4. The summed E-state index contributed by atoms with van der Waals surface area (Å²) in [5.74, 6) is 1.55. The third-order valence-corrected chi connectivity index (χ3v) is 5.18. The first-order valence-electron chi connectivity index (χ1n) is 7.72. The van der Waals surface area contributed by atoms with Crippen LogP contribution in [0.15, 0.2) is 12.1 Å². The molecular weight excluding hydrogens is 323 g/mol. The molecule has 4 nitrogen and oxygen atoms in total. The Morgan fingerprint density at radius 2 is 2.18 bits per heavy atom. The van der Waals surface area contributed by atoms with Crippen LogP contribution in [0.2, 0.25) is 5.02 Å². The number of hydrogen-bond acceptors (Lipinski definition) is 3. The number of carbonyl (C=O) groups excluding carboxylic acids is 1. The monoisotopic (exact) mass is 342 g/mol. The van der Waals surface area contributed by atoms with Crippen molar-refractivity contribution >= 4 is 29.9 Å². The number of halogens is 2. The molecule has 1 aliphatic carbocycles. The number of piperazine rings is 1. The number of carbonyl (C=O) groups is 1. The second-order valence-corrected chi connectivity index (χ2v) is 6.60. The fourth-order valence-electron chi connectivity index (χ4n) is 3.42. The van der Waals surface area contributed by atoms with E-state index in [0.29, 0.717) is 16.5 Å². The van der Waals surface area contributed by atoms with Gasteiger partial charge in [-0.1, -0.05) is 18.0 Å². The zero-order valence-electron chi connectivity index (χ0n) is 12.3. The van der Waals surface area contributed by atoms with Crippen molar-refractivity contribution < 1.29 is 9.53 Å². The lowest BCUT2D eigenvalue weighted by Crippen LogP contribution is -2.44. The number of nitrogens with one attached hydrogen (secondary N) is 1. The van der Waals surface area contributed by atoms with Crippen molar-refractivity contribution in [3.63, 3.8) is 0 Å². The quantitative estimate of drug-likeness (QED) is 0.917. The Morgan fingerprint density at radius 3 is 2.91 bits per heavy atom. The van der Waals surface area contributed by atoms with E-state index >= 15 is 0 Å². The van der Waals surface area contributed by atoms with Crippen LogP contribution in [-0.2, 0) is 0 Å². The number of fused-ring (bicyclic) bond motifs is 3. The number of hydrogen-bond donors (Lipinski definition) is 1. The number of nitrogens with zero attached hydrogens (tertiary/aromatic N) is 1. The molecule has 4 rings (SSSR count).